The van der Waals surface area contributed by atoms with Crippen LogP contribution in [0.4, 0.5) is 4.39 Å². The molecule has 1 heterocycles. The smallest absolute Gasteiger partial charge is 0.332 e. The van der Waals surface area contributed by atoms with E-state index in [-0.39, 0.29) is 23.0 Å². The quantitative estimate of drug-likeness (QED) is 0.653. The standard InChI is InChI=1S/C20H24ClFO6S/c1-25-9-16-17(10-26-2)28-20(27-16)6-5-18(14(8-20)19(23)24)29-11-12-3-4-13(22)7-15(12)21/h3-4,7-8,16-18H,5-6,9-11H2,1-2H3,(H,23,24)/t16-,17-,18?/m1/s1. The van der Waals surface area contributed by atoms with Crippen LogP contribution in [0, 0.1) is 5.82 Å². The maximum atomic E-state index is 13.2. The number of methoxy groups -OCH3 is 2. The lowest BCUT2D eigenvalue weighted by Crippen LogP contribution is -2.37. The van der Waals surface area contributed by atoms with Crippen LogP contribution in [0.2, 0.25) is 5.02 Å². The van der Waals surface area contributed by atoms with Crippen LogP contribution >= 0.6 is 23.4 Å². The highest BCUT2D eigenvalue weighted by Gasteiger charge is 2.49. The number of hydrogen-bond acceptors (Lipinski definition) is 6. The van der Waals surface area contributed by atoms with Crippen LogP contribution < -0.4 is 0 Å². The average molecular weight is 447 g/mol. The maximum absolute atomic E-state index is 13.2. The van der Waals surface area contributed by atoms with Crippen LogP contribution in [0.25, 0.3) is 0 Å². The van der Waals surface area contributed by atoms with E-state index >= 15 is 0 Å². The zero-order valence-corrected chi connectivity index (χ0v) is 17.8. The van der Waals surface area contributed by atoms with Crippen LogP contribution in [0.3, 0.4) is 0 Å². The molecule has 0 bridgehead atoms. The Labute approximate surface area is 178 Å². The number of hydrogen-bond donors (Lipinski definition) is 1. The van der Waals surface area contributed by atoms with Gasteiger partial charge in [0.2, 0.25) is 0 Å². The van der Waals surface area contributed by atoms with Gasteiger partial charge >= 0.3 is 5.97 Å². The summed E-state index contributed by atoms with van der Waals surface area (Å²) in [5, 5.41) is 9.84. The predicted octanol–water partition coefficient (Wildman–Crippen LogP) is 3.66. The molecule has 29 heavy (non-hydrogen) atoms. The summed E-state index contributed by atoms with van der Waals surface area (Å²) in [5.41, 5.74) is 0.991. The largest absolute Gasteiger partial charge is 0.478 e. The van der Waals surface area contributed by atoms with E-state index in [1.807, 2.05) is 0 Å². The fourth-order valence-corrected chi connectivity index (χ4v) is 5.16. The van der Waals surface area contributed by atoms with Crippen molar-refractivity contribution in [2.45, 2.75) is 41.8 Å². The van der Waals surface area contributed by atoms with Crippen molar-refractivity contribution in [1.82, 2.24) is 0 Å². The molecule has 1 unspecified atom stereocenters. The van der Waals surface area contributed by atoms with Gasteiger partial charge in [0, 0.05) is 36.7 Å². The minimum absolute atomic E-state index is 0.230. The van der Waals surface area contributed by atoms with Crippen LogP contribution in [-0.2, 0) is 29.5 Å². The number of ether oxygens (including phenoxy) is 4. The molecule has 6 nitrogen and oxygen atoms in total. The first-order chi connectivity index (χ1) is 13.9. The van der Waals surface area contributed by atoms with Crippen molar-refractivity contribution in [2.24, 2.45) is 0 Å². The number of carboxylic acid groups (broad SMARTS) is 1. The average Bonchev–Trinajstić information content (AvgIpc) is 2.99. The number of halogens is 2. The van der Waals surface area contributed by atoms with Gasteiger partial charge < -0.3 is 24.1 Å². The molecule has 1 N–H and O–H groups in total. The Morgan fingerprint density at radius 1 is 1.31 bits per heavy atom. The van der Waals surface area contributed by atoms with Crippen molar-refractivity contribution >= 4 is 29.3 Å². The molecule has 1 aliphatic heterocycles. The van der Waals surface area contributed by atoms with E-state index < -0.39 is 17.6 Å². The molecule has 1 spiro atoms. The minimum Gasteiger partial charge on any atom is -0.478 e. The summed E-state index contributed by atoms with van der Waals surface area (Å²) >= 11 is 7.54. The fraction of sp³-hybridized carbons (Fsp3) is 0.550. The summed E-state index contributed by atoms with van der Waals surface area (Å²) in [6.45, 7) is 0.653. The van der Waals surface area contributed by atoms with Crippen LogP contribution in [0.5, 0.6) is 0 Å². The first kappa shape index (κ1) is 22.5. The van der Waals surface area contributed by atoms with Gasteiger partial charge in [-0.15, -0.1) is 11.8 Å². The summed E-state index contributed by atoms with van der Waals surface area (Å²) in [6.07, 6.45) is 1.96. The molecular weight excluding hydrogens is 423 g/mol. The molecule has 3 rings (SSSR count). The lowest BCUT2D eigenvalue weighted by atomic mass is 9.94. The van der Waals surface area contributed by atoms with Gasteiger partial charge in [-0.25, -0.2) is 9.18 Å². The Bertz CT molecular complexity index is 759. The SMILES string of the molecule is COC[C@H]1OC2(C=C(C(=O)O)C(SCc3ccc(F)cc3Cl)CC2)O[C@@H]1COC. The Morgan fingerprint density at radius 3 is 2.52 bits per heavy atom. The molecule has 1 saturated heterocycles. The Kier molecular flexibility index (Phi) is 7.58. The number of carboxylic acids is 1. The first-order valence-electron chi connectivity index (χ1n) is 9.22. The number of rotatable bonds is 8. The third-order valence-electron chi connectivity index (χ3n) is 4.96. The second kappa shape index (κ2) is 9.76. The van der Waals surface area contributed by atoms with Gasteiger partial charge in [0.25, 0.3) is 0 Å². The van der Waals surface area contributed by atoms with Gasteiger partial charge in [-0.2, -0.15) is 0 Å². The fourth-order valence-electron chi connectivity index (χ4n) is 3.58. The summed E-state index contributed by atoms with van der Waals surface area (Å²) in [6, 6.07) is 4.22. The highest BCUT2D eigenvalue weighted by molar-refractivity contribution is 7.99. The Hall–Kier alpha value is -1.16. The number of aliphatic carboxylic acids is 1. The van der Waals surface area contributed by atoms with E-state index in [0.717, 1.165) is 5.56 Å². The number of thioether (sulfide) groups is 1. The second-order valence-corrected chi connectivity index (χ2v) is 8.61. The Morgan fingerprint density at radius 2 is 1.97 bits per heavy atom. The van der Waals surface area contributed by atoms with E-state index in [1.165, 1.54) is 23.9 Å². The van der Waals surface area contributed by atoms with Crippen LogP contribution in [0.15, 0.2) is 29.8 Å². The molecule has 0 amide bonds. The lowest BCUT2D eigenvalue weighted by molar-refractivity contribution is -0.154. The van der Waals surface area contributed by atoms with Crippen LogP contribution in [0.1, 0.15) is 18.4 Å². The second-order valence-electron chi connectivity index (χ2n) is 7.01. The van der Waals surface area contributed by atoms with Crippen molar-refractivity contribution in [3.05, 3.63) is 46.3 Å². The normalized spacial score (nSPS) is 25.9. The topological polar surface area (TPSA) is 74.2 Å². The van der Waals surface area contributed by atoms with Crippen molar-refractivity contribution in [3.63, 3.8) is 0 Å². The van der Waals surface area contributed by atoms with E-state index in [2.05, 4.69) is 0 Å². The van der Waals surface area contributed by atoms with Gasteiger partial charge in [0.05, 0.1) is 18.8 Å². The van der Waals surface area contributed by atoms with E-state index in [1.54, 1.807) is 26.4 Å². The number of benzene rings is 1. The molecular formula is C20H24ClFO6S. The number of carbonyl (C=O) groups is 1. The zero-order chi connectivity index (χ0) is 21.0. The monoisotopic (exact) mass is 446 g/mol. The summed E-state index contributed by atoms with van der Waals surface area (Å²) in [7, 11) is 3.15. The molecule has 1 aromatic carbocycles. The molecule has 1 fully saturated rings. The third kappa shape index (κ3) is 5.31. The van der Waals surface area contributed by atoms with Gasteiger partial charge in [-0.1, -0.05) is 17.7 Å². The van der Waals surface area contributed by atoms with E-state index in [4.69, 9.17) is 30.5 Å². The minimum atomic E-state index is -1.09. The molecule has 9 heteroatoms. The molecule has 0 saturated carbocycles. The van der Waals surface area contributed by atoms with E-state index in [9.17, 15) is 14.3 Å². The third-order valence-corrected chi connectivity index (χ3v) is 6.68. The molecule has 0 aromatic heterocycles. The molecule has 1 aromatic rings. The van der Waals surface area contributed by atoms with Gasteiger partial charge in [-0.3, -0.25) is 0 Å². The lowest BCUT2D eigenvalue weighted by Gasteiger charge is -2.33. The van der Waals surface area contributed by atoms with Crippen molar-refractivity contribution in [1.29, 1.82) is 0 Å². The summed E-state index contributed by atoms with van der Waals surface area (Å²) < 4.78 is 35.8. The van der Waals surface area contributed by atoms with Gasteiger partial charge in [0.15, 0.2) is 5.79 Å². The molecule has 1 aliphatic carbocycles. The van der Waals surface area contributed by atoms with Crippen LogP contribution in [-0.4, -0.2) is 61.8 Å². The van der Waals surface area contributed by atoms with Gasteiger partial charge in [-0.05, 0) is 30.2 Å². The highest BCUT2D eigenvalue weighted by Crippen LogP contribution is 2.43. The van der Waals surface area contributed by atoms with Crippen molar-refractivity contribution in [3.8, 4) is 0 Å². The summed E-state index contributed by atoms with van der Waals surface area (Å²) in [5.74, 6) is -2.04. The summed E-state index contributed by atoms with van der Waals surface area (Å²) in [4.78, 5) is 11.9. The molecule has 0 radical (unpaired) electrons. The molecule has 3 atom stereocenters. The Balaban J connectivity index is 1.75. The maximum Gasteiger partial charge on any atom is 0.332 e. The van der Waals surface area contributed by atoms with Crippen molar-refractivity contribution < 1.29 is 33.2 Å². The first-order valence-corrected chi connectivity index (χ1v) is 10.6. The molecule has 160 valence electrons. The zero-order valence-electron chi connectivity index (χ0n) is 16.2. The highest BCUT2D eigenvalue weighted by atomic mass is 35.5. The molecule has 2 aliphatic rings. The van der Waals surface area contributed by atoms with Gasteiger partial charge in [0.1, 0.15) is 18.0 Å². The predicted molar refractivity (Wildman–Crippen MR) is 108 cm³/mol. The van der Waals surface area contributed by atoms with Crippen molar-refractivity contribution in [2.75, 3.05) is 27.4 Å². The van der Waals surface area contributed by atoms with E-state index in [0.29, 0.717) is 36.8 Å².